The highest BCUT2D eigenvalue weighted by atomic mass is 32.2. The molecular formula is C22H19N3O4S. The molecule has 4 aromatic rings. The molecule has 2 aromatic heterocycles. The van der Waals surface area contributed by atoms with Crippen LogP contribution in [0.5, 0.6) is 0 Å². The Hall–Kier alpha value is -3.62. The van der Waals surface area contributed by atoms with Gasteiger partial charge < -0.3 is 14.3 Å². The molecule has 0 aliphatic rings. The molecular weight excluding hydrogens is 402 g/mol. The lowest BCUT2D eigenvalue weighted by molar-refractivity contribution is 0.102. The maximum Gasteiger partial charge on any atom is 0.255 e. The highest BCUT2D eigenvalue weighted by Crippen LogP contribution is 2.16. The van der Waals surface area contributed by atoms with Crippen LogP contribution in [0.25, 0.3) is 5.69 Å². The normalized spacial score (nSPS) is 11.3. The number of amides is 1. The zero-order chi connectivity index (χ0) is 21.0. The van der Waals surface area contributed by atoms with E-state index in [9.17, 15) is 13.2 Å². The summed E-state index contributed by atoms with van der Waals surface area (Å²) in [6.07, 6.45) is 5.33. The Morgan fingerprint density at radius 1 is 0.900 bits per heavy atom. The van der Waals surface area contributed by atoms with Gasteiger partial charge in [-0.15, -0.1) is 0 Å². The van der Waals surface area contributed by atoms with Crippen molar-refractivity contribution in [3.63, 3.8) is 0 Å². The number of furan rings is 1. The minimum absolute atomic E-state index is 0.0623. The van der Waals surface area contributed by atoms with Crippen LogP contribution in [0.2, 0.25) is 0 Å². The van der Waals surface area contributed by atoms with E-state index in [1.165, 1.54) is 18.4 Å². The number of sulfonamides is 1. The van der Waals surface area contributed by atoms with Gasteiger partial charge in [-0.05, 0) is 72.8 Å². The molecule has 0 saturated heterocycles. The molecule has 0 unspecified atom stereocenters. The van der Waals surface area contributed by atoms with Crippen molar-refractivity contribution in [3.8, 4) is 5.69 Å². The summed E-state index contributed by atoms with van der Waals surface area (Å²) in [6, 6.07) is 20.4. The molecule has 4 rings (SSSR count). The van der Waals surface area contributed by atoms with Crippen LogP contribution >= 0.6 is 0 Å². The quantitative estimate of drug-likeness (QED) is 0.475. The minimum atomic E-state index is -3.69. The van der Waals surface area contributed by atoms with E-state index in [0.29, 0.717) is 17.0 Å². The van der Waals surface area contributed by atoms with E-state index in [1.807, 2.05) is 41.2 Å². The minimum Gasteiger partial charge on any atom is -0.468 e. The van der Waals surface area contributed by atoms with Gasteiger partial charge in [0.15, 0.2) is 0 Å². The molecule has 0 radical (unpaired) electrons. The Labute approximate surface area is 174 Å². The summed E-state index contributed by atoms with van der Waals surface area (Å²) in [7, 11) is -3.69. The third kappa shape index (κ3) is 4.51. The lowest BCUT2D eigenvalue weighted by atomic mass is 10.2. The molecule has 0 fully saturated rings. The molecule has 0 saturated carbocycles. The highest BCUT2D eigenvalue weighted by Gasteiger charge is 2.15. The van der Waals surface area contributed by atoms with Crippen LogP contribution < -0.4 is 10.0 Å². The van der Waals surface area contributed by atoms with E-state index >= 15 is 0 Å². The van der Waals surface area contributed by atoms with E-state index in [0.717, 1.165) is 5.69 Å². The molecule has 8 heteroatoms. The second-order valence-electron chi connectivity index (χ2n) is 6.52. The van der Waals surface area contributed by atoms with Gasteiger partial charge in [0.05, 0.1) is 17.7 Å². The lowest BCUT2D eigenvalue weighted by Gasteiger charge is -2.09. The predicted octanol–water partition coefficient (Wildman–Crippen LogP) is 3.80. The third-order valence-electron chi connectivity index (χ3n) is 4.47. The molecule has 152 valence electrons. The number of aromatic nitrogens is 1. The fourth-order valence-electron chi connectivity index (χ4n) is 2.87. The molecule has 1 amide bonds. The van der Waals surface area contributed by atoms with E-state index in [4.69, 9.17) is 4.42 Å². The monoisotopic (exact) mass is 421 g/mol. The smallest absolute Gasteiger partial charge is 0.255 e. The van der Waals surface area contributed by atoms with E-state index < -0.39 is 10.0 Å². The summed E-state index contributed by atoms with van der Waals surface area (Å²) in [5, 5.41) is 2.77. The van der Waals surface area contributed by atoms with Crippen LogP contribution in [0.15, 0.2) is 101 Å². The number of nitrogens with zero attached hydrogens (tertiary/aromatic N) is 1. The molecule has 2 heterocycles. The van der Waals surface area contributed by atoms with Crippen molar-refractivity contribution in [2.24, 2.45) is 0 Å². The van der Waals surface area contributed by atoms with E-state index in [-0.39, 0.29) is 17.3 Å². The van der Waals surface area contributed by atoms with Crippen molar-refractivity contribution in [2.75, 3.05) is 5.32 Å². The van der Waals surface area contributed by atoms with Crippen molar-refractivity contribution in [1.29, 1.82) is 0 Å². The van der Waals surface area contributed by atoms with Crippen LogP contribution in [0, 0.1) is 0 Å². The fraction of sp³-hybridized carbons (Fsp3) is 0.0455. The first-order valence-electron chi connectivity index (χ1n) is 9.18. The number of benzene rings is 2. The molecule has 0 spiro atoms. The van der Waals surface area contributed by atoms with Gasteiger partial charge in [-0.2, -0.15) is 0 Å². The van der Waals surface area contributed by atoms with Gasteiger partial charge in [-0.25, -0.2) is 13.1 Å². The first-order chi connectivity index (χ1) is 14.5. The maximum atomic E-state index is 12.5. The molecule has 0 bridgehead atoms. The summed E-state index contributed by atoms with van der Waals surface area (Å²) in [6.45, 7) is 0.0623. The average molecular weight is 421 g/mol. The van der Waals surface area contributed by atoms with Gasteiger partial charge in [0.2, 0.25) is 10.0 Å². The lowest BCUT2D eigenvalue weighted by Crippen LogP contribution is -2.23. The molecule has 0 aliphatic carbocycles. The zero-order valence-corrected chi connectivity index (χ0v) is 16.7. The second kappa shape index (κ2) is 8.40. The number of nitrogens with one attached hydrogen (secondary N) is 2. The number of hydrogen-bond donors (Lipinski definition) is 2. The Kier molecular flexibility index (Phi) is 5.51. The summed E-state index contributed by atoms with van der Waals surface area (Å²) in [5.74, 6) is 0.242. The number of anilines is 1. The number of hydrogen-bond acceptors (Lipinski definition) is 4. The topological polar surface area (TPSA) is 93.3 Å². The van der Waals surface area contributed by atoms with Crippen LogP contribution in [-0.4, -0.2) is 18.9 Å². The van der Waals surface area contributed by atoms with E-state index in [1.54, 1.807) is 36.4 Å². The Morgan fingerprint density at radius 2 is 1.60 bits per heavy atom. The Bertz CT molecular complexity index is 1210. The predicted molar refractivity (Wildman–Crippen MR) is 113 cm³/mol. The van der Waals surface area contributed by atoms with Crippen LogP contribution in [0.1, 0.15) is 16.1 Å². The average Bonchev–Trinajstić information content (AvgIpc) is 3.47. The zero-order valence-electron chi connectivity index (χ0n) is 15.9. The first-order valence-corrected chi connectivity index (χ1v) is 10.7. The van der Waals surface area contributed by atoms with Crippen LogP contribution in [-0.2, 0) is 16.6 Å². The third-order valence-corrected chi connectivity index (χ3v) is 5.89. The van der Waals surface area contributed by atoms with Crippen LogP contribution in [0.4, 0.5) is 5.69 Å². The van der Waals surface area contributed by atoms with Gasteiger partial charge in [-0.3, -0.25) is 4.79 Å². The van der Waals surface area contributed by atoms with Gasteiger partial charge in [0.1, 0.15) is 5.76 Å². The number of carbonyl (C=O) groups is 1. The van der Waals surface area contributed by atoms with Gasteiger partial charge >= 0.3 is 0 Å². The molecule has 30 heavy (non-hydrogen) atoms. The summed E-state index contributed by atoms with van der Waals surface area (Å²) in [4.78, 5) is 12.6. The van der Waals surface area contributed by atoms with Gasteiger partial charge in [-0.1, -0.05) is 0 Å². The van der Waals surface area contributed by atoms with Crippen molar-refractivity contribution in [1.82, 2.24) is 9.29 Å². The Morgan fingerprint density at radius 3 is 2.23 bits per heavy atom. The Balaban J connectivity index is 1.39. The maximum absolute atomic E-state index is 12.5. The molecule has 7 nitrogen and oxygen atoms in total. The SMILES string of the molecule is O=C(Nc1ccc(S(=O)(=O)NCc2ccco2)cc1)c1ccc(-n2cccc2)cc1. The van der Waals surface area contributed by atoms with Gasteiger partial charge in [0.25, 0.3) is 5.91 Å². The molecule has 2 aromatic carbocycles. The summed E-state index contributed by atoms with van der Waals surface area (Å²) < 4.78 is 34.3. The van der Waals surface area contributed by atoms with Gasteiger partial charge in [0, 0.05) is 29.3 Å². The van der Waals surface area contributed by atoms with Crippen molar-refractivity contribution in [2.45, 2.75) is 11.4 Å². The number of carbonyl (C=O) groups excluding carboxylic acids is 1. The molecule has 0 atom stereocenters. The van der Waals surface area contributed by atoms with Crippen molar-refractivity contribution >= 4 is 21.6 Å². The first kappa shape index (κ1) is 19.7. The fourth-order valence-corrected chi connectivity index (χ4v) is 3.87. The summed E-state index contributed by atoms with van der Waals surface area (Å²) >= 11 is 0. The molecule has 2 N–H and O–H groups in total. The molecule has 0 aliphatic heterocycles. The standard InChI is InChI=1S/C22H19N3O4S/c26-22(17-5-9-19(10-6-17)25-13-1-2-14-25)24-18-7-11-21(12-8-18)30(27,28)23-16-20-4-3-15-29-20/h1-15,23H,16H2,(H,24,26). The van der Waals surface area contributed by atoms with Crippen molar-refractivity contribution in [3.05, 3.63) is 103 Å². The second-order valence-corrected chi connectivity index (χ2v) is 8.29. The number of rotatable bonds is 7. The highest BCUT2D eigenvalue weighted by molar-refractivity contribution is 7.89. The summed E-state index contributed by atoms with van der Waals surface area (Å²) in [5.41, 5.74) is 1.95. The largest absolute Gasteiger partial charge is 0.468 e. The van der Waals surface area contributed by atoms with E-state index in [2.05, 4.69) is 10.0 Å². The van der Waals surface area contributed by atoms with Crippen LogP contribution in [0.3, 0.4) is 0 Å². The van der Waals surface area contributed by atoms with Crippen molar-refractivity contribution < 1.29 is 17.6 Å².